The summed E-state index contributed by atoms with van der Waals surface area (Å²) >= 11 is 0. The van der Waals surface area contributed by atoms with E-state index in [2.05, 4.69) is 0 Å². The van der Waals surface area contributed by atoms with Gasteiger partial charge in [0.2, 0.25) is 0 Å². The zero-order chi connectivity index (χ0) is 7.07. The van der Waals surface area contributed by atoms with Gasteiger partial charge in [-0.15, -0.1) is 0 Å². The van der Waals surface area contributed by atoms with Crippen molar-refractivity contribution in [2.75, 3.05) is 0 Å². The number of hydrogen-bond acceptors (Lipinski definition) is 0. The fourth-order valence-electron chi connectivity index (χ4n) is 0.642. The van der Waals surface area contributed by atoms with E-state index in [9.17, 15) is 0 Å². The molecule has 2 aromatic rings. The van der Waals surface area contributed by atoms with Crippen molar-refractivity contribution in [1.82, 2.24) is 0 Å². The summed E-state index contributed by atoms with van der Waals surface area (Å²) in [5, 5.41) is 0. The molecule has 1 radical (unpaired) electrons. The molecule has 0 aliphatic rings. The molecule has 0 aromatic heterocycles. The minimum absolute atomic E-state index is 0. The quantitative estimate of drug-likeness (QED) is 0.540. The molecule has 0 nitrogen and oxygen atoms in total. The predicted molar refractivity (Wildman–Crippen MR) is 44.1 cm³/mol. The molecule has 2 aromatic carbocycles. The summed E-state index contributed by atoms with van der Waals surface area (Å²) < 4.78 is 0. The SMILES string of the molecule is [Sc].c1cc[cH-]c1.c1cc[cH-]c1. The third-order valence-corrected chi connectivity index (χ3v) is 1.11. The average Bonchev–Trinajstić information content (AvgIpc) is 2.67. The molecule has 0 saturated heterocycles. The molecular weight excluding hydrogens is 165 g/mol. The Hall–Kier alpha value is -0.430. The van der Waals surface area contributed by atoms with Gasteiger partial charge in [0.25, 0.3) is 0 Å². The molecule has 0 heterocycles. The first kappa shape index (κ1) is 10.6. The van der Waals surface area contributed by atoms with Crippen molar-refractivity contribution in [3.8, 4) is 0 Å². The van der Waals surface area contributed by atoms with E-state index in [0.717, 1.165) is 0 Å². The van der Waals surface area contributed by atoms with Gasteiger partial charge < -0.3 is 0 Å². The Morgan fingerprint density at radius 3 is 0.909 bits per heavy atom. The van der Waals surface area contributed by atoms with Crippen molar-refractivity contribution in [1.29, 1.82) is 0 Å². The Kier molecular flexibility index (Phi) is 7.37. The fourth-order valence-corrected chi connectivity index (χ4v) is 0.642. The molecule has 0 aliphatic heterocycles. The van der Waals surface area contributed by atoms with Crippen molar-refractivity contribution in [2.45, 2.75) is 0 Å². The first-order valence-corrected chi connectivity index (χ1v) is 3.33. The first-order chi connectivity index (χ1) is 5.00. The van der Waals surface area contributed by atoms with Crippen LogP contribution < -0.4 is 0 Å². The largest absolute Gasteiger partial charge is 0.214 e. The third-order valence-electron chi connectivity index (χ3n) is 1.11. The van der Waals surface area contributed by atoms with E-state index in [1.165, 1.54) is 0 Å². The molecule has 0 aliphatic carbocycles. The van der Waals surface area contributed by atoms with Crippen LogP contribution in [-0.2, 0) is 25.8 Å². The average molecular weight is 175 g/mol. The van der Waals surface area contributed by atoms with Gasteiger partial charge in [-0.2, -0.15) is 36.4 Å². The van der Waals surface area contributed by atoms with Gasteiger partial charge in [-0.05, 0) is 0 Å². The van der Waals surface area contributed by atoms with Gasteiger partial charge in [0, 0.05) is 25.8 Å². The van der Waals surface area contributed by atoms with Crippen LogP contribution in [0, 0.1) is 0 Å². The van der Waals surface area contributed by atoms with Gasteiger partial charge in [-0.1, -0.05) is 0 Å². The van der Waals surface area contributed by atoms with Crippen LogP contribution in [0.3, 0.4) is 0 Å². The molecule has 0 unspecified atom stereocenters. The van der Waals surface area contributed by atoms with Gasteiger partial charge in [0.15, 0.2) is 0 Å². The summed E-state index contributed by atoms with van der Waals surface area (Å²) in [7, 11) is 0. The molecule has 0 bridgehead atoms. The van der Waals surface area contributed by atoms with Gasteiger partial charge in [-0.25, -0.2) is 24.3 Å². The molecule has 0 amide bonds. The normalized spacial score (nSPS) is 7.27. The van der Waals surface area contributed by atoms with Crippen LogP contribution in [0.15, 0.2) is 60.7 Å². The number of rotatable bonds is 0. The fraction of sp³-hybridized carbons (Fsp3) is 0. The zero-order valence-corrected chi connectivity index (χ0v) is 8.15. The Bertz CT molecular complexity index is 144. The van der Waals surface area contributed by atoms with Crippen LogP contribution in [0.1, 0.15) is 0 Å². The van der Waals surface area contributed by atoms with E-state index in [-0.39, 0.29) is 25.8 Å². The Morgan fingerprint density at radius 2 is 0.818 bits per heavy atom. The second kappa shape index (κ2) is 7.67. The Labute approximate surface area is 86.4 Å². The predicted octanol–water partition coefficient (Wildman–Crippen LogP) is 2.81. The molecule has 2 rings (SSSR count). The van der Waals surface area contributed by atoms with E-state index in [0.29, 0.717) is 0 Å². The van der Waals surface area contributed by atoms with E-state index >= 15 is 0 Å². The third kappa shape index (κ3) is 5.99. The van der Waals surface area contributed by atoms with E-state index in [1.54, 1.807) is 0 Å². The first-order valence-electron chi connectivity index (χ1n) is 3.33. The van der Waals surface area contributed by atoms with Crippen LogP contribution in [0.25, 0.3) is 0 Å². The summed E-state index contributed by atoms with van der Waals surface area (Å²) in [6, 6.07) is 20.0. The van der Waals surface area contributed by atoms with Crippen molar-refractivity contribution in [3.05, 3.63) is 60.7 Å². The van der Waals surface area contributed by atoms with Crippen LogP contribution in [0.5, 0.6) is 0 Å². The Balaban J connectivity index is 0.000000167. The van der Waals surface area contributed by atoms with E-state index in [4.69, 9.17) is 0 Å². The molecule has 0 atom stereocenters. The maximum absolute atomic E-state index is 2.00. The molecule has 55 valence electrons. The molecule has 0 saturated carbocycles. The maximum Gasteiger partial charge on any atom is 0 e. The van der Waals surface area contributed by atoms with Crippen LogP contribution in [0.4, 0.5) is 0 Å². The standard InChI is InChI=1S/2C5H5.Sc/c2*1-2-4-5-3-1;/h2*1-5H;/q2*-1;. The van der Waals surface area contributed by atoms with Crippen LogP contribution in [-0.4, -0.2) is 0 Å². The molecule has 0 spiro atoms. The van der Waals surface area contributed by atoms with Crippen molar-refractivity contribution in [2.24, 2.45) is 0 Å². The van der Waals surface area contributed by atoms with Gasteiger partial charge >= 0.3 is 0 Å². The minimum Gasteiger partial charge on any atom is -0.214 e. The van der Waals surface area contributed by atoms with E-state index < -0.39 is 0 Å². The summed E-state index contributed by atoms with van der Waals surface area (Å²) in [5.41, 5.74) is 0. The maximum atomic E-state index is 2.00. The van der Waals surface area contributed by atoms with Crippen molar-refractivity contribution in [3.63, 3.8) is 0 Å². The Morgan fingerprint density at radius 1 is 0.545 bits per heavy atom. The van der Waals surface area contributed by atoms with Gasteiger partial charge in [-0.3, -0.25) is 0 Å². The molecule has 1 heteroatoms. The summed E-state index contributed by atoms with van der Waals surface area (Å²) in [4.78, 5) is 0. The second-order valence-electron chi connectivity index (χ2n) is 1.92. The summed E-state index contributed by atoms with van der Waals surface area (Å²) in [5.74, 6) is 0. The summed E-state index contributed by atoms with van der Waals surface area (Å²) in [6.45, 7) is 0. The van der Waals surface area contributed by atoms with E-state index in [1.807, 2.05) is 60.7 Å². The van der Waals surface area contributed by atoms with Crippen molar-refractivity contribution >= 4 is 0 Å². The smallest absolute Gasteiger partial charge is 0 e. The van der Waals surface area contributed by atoms with Gasteiger partial charge in [0.05, 0.1) is 0 Å². The number of hydrogen-bond donors (Lipinski definition) is 0. The zero-order valence-electron chi connectivity index (χ0n) is 6.35. The molecule has 0 N–H and O–H groups in total. The molecule has 0 fully saturated rings. The van der Waals surface area contributed by atoms with Gasteiger partial charge in [0.1, 0.15) is 0 Å². The van der Waals surface area contributed by atoms with Crippen LogP contribution >= 0.6 is 0 Å². The molecule has 11 heavy (non-hydrogen) atoms. The molecular formula is C10H10Sc-2. The summed E-state index contributed by atoms with van der Waals surface area (Å²) in [6.07, 6.45) is 0. The topological polar surface area (TPSA) is 0 Å². The van der Waals surface area contributed by atoms with Crippen LogP contribution in [0.2, 0.25) is 0 Å². The monoisotopic (exact) mass is 175 g/mol. The second-order valence-corrected chi connectivity index (χ2v) is 1.92. The van der Waals surface area contributed by atoms with Crippen molar-refractivity contribution < 1.29 is 25.8 Å². The minimum atomic E-state index is 0.